The molecule has 8 nitrogen and oxygen atoms in total. The Bertz CT molecular complexity index is 829. The van der Waals surface area contributed by atoms with Crippen LogP contribution < -0.4 is 5.32 Å². The molecule has 0 unspecified atom stereocenters. The number of likely N-dealkylation sites (N-methyl/N-ethyl adjacent to an activating group) is 1. The number of carbonyl (C=O) groups is 2. The molecule has 0 bridgehead atoms. The summed E-state index contributed by atoms with van der Waals surface area (Å²) in [6.07, 6.45) is 4.65. The Labute approximate surface area is 161 Å². The molecule has 1 N–H and O–H groups in total. The van der Waals surface area contributed by atoms with Crippen LogP contribution in [0.3, 0.4) is 0 Å². The molecule has 0 radical (unpaired) electrons. The van der Waals surface area contributed by atoms with Gasteiger partial charge in [-0.2, -0.15) is 4.98 Å². The summed E-state index contributed by atoms with van der Waals surface area (Å²) in [4.78, 5) is 31.9. The molecule has 3 rings (SSSR count). The van der Waals surface area contributed by atoms with Gasteiger partial charge in [-0.25, -0.2) is 4.79 Å². The summed E-state index contributed by atoms with van der Waals surface area (Å²) in [5.74, 6) is 0.534. The van der Waals surface area contributed by atoms with Gasteiger partial charge in [-0.1, -0.05) is 12.1 Å². The number of hydrogen-bond donors (Lipinski definition) is 1. The average Bonchev–Trinajstić information content (AvgIpc) is 3.24. The minimum Gasteiger partial charge on any atom is -0.465 e. The van der Waals surface area contributed by atoms with E-state index in [4.69, 9.17) is 9.26 Å². The molecular formula is C18H24N4O4S. The largest absolute Gasteiger partial charge is 0.465 e. The van der Waals surface area contributed by atoms with Gasteiger partial charge in [0.25, 0.3) is 0 Å². The number of anilines is 1. The Balaban J connectivity index is 1.66. The zero-order chi connectivity index (χ0) is 19.4. The molecule has 9 heteroatoms. The van der Waals surface area contributed by atoms with Crippen molar-refractivity contribution in [1.29, 1.82) is 0 Å². The number of rotatable bonds is 7. The number of aromatic nitrogens is 2. The molecule has 146 valence electrons. The van der Waals surface area contributed by atoms with Gasteiger partial charge in [0.05, 0.1) is 25.8 Å². The zero-order valence-electron chi connectivity index (χ0n) is 15.8. The Hall–Kier alpha value is -2.26. The highest BCUT2D eigenvalue weighted by molar-refractivity contribution is 7.17. The van der Waals surface area contributed by atoms with Crippen LogP contribution in [0.1, 0.15) is 52.3 Å². The van der Waals surface area contributed by atoms with Crippen LogP contribution >= 0.6 is 11.3 Å². The van der Waals surface area contributed by atoms with E-state index in [2.05, 4.69) is 15.5 Å². The first-order chi connectivity index (χ1) is 13.0. The number of esters is 1. The Morgan fingerprint density at radius 2 is 2.11 bits per heavy atom. The lowest BCUT2D eigenvalue weighted by molar-refractivity contribution is -0.117. The minimum atomic E-state index is -0.393. The van der Waals surface area contributed by atoms with Gasteiger partial charge in [-0.15, -0.1) is 11.3 Å². The monoisotopic (exact) mass is 392 g/mol. The smallest absolute Gasteiger partial charge is 0.341 e. The maximum absolute atomic E-state index is 12.5. The number of thiophene rings is 1. The van der Waals surface area contributed by atoms with Crippen molar-refractivity contribution in [3.05, 3.63) is 27.7 Å². The first-order valence-corrected chi connectivity index (χ1v) is 9.86. The van der Waals surface area contributed by atoms with E-state index in [1.807, 2.05) is 6.92 Å². The van der Waals surface area contributed by atoms with Gasteiger partial charge in [-0.3, -0.25) is 9.69 Å². The fraction of sp³-hybridized carbons (Fsp3) is 0.556. The van der Waals surface area contributed by atoms with Gasteiger partial charge >= 0.3 is 5.97 Å². The average molecular weight is 392 g/mol. The number of ether oxygens (including phenoxy) is 1. The molecule has 2 aromatic rings. The van der Waals surface area contributed by atoms with Gasteiger partial charge in [-0.05, 0) is 38.3 Å². The molecule has 1 amide bonds. The molecule has 0 saturated carbocycles. The Morgan fingerprint density at radius 3 is 2.81 bits per heavy atom. The third-order valence-electron chi connectivity index (χ3n) is 4.46. The number of amides is 1. The summed E-state index contributed by atoms with van der Waals surface area (Å²) in [6.45, 7) is 2.48. The van der Waals surface area contributed by atoms with E-state index in [1.165, 1.54) is 23.3 Å². The Kier molecular flexibility index (Phi) is 6.22. The topological polar surface area (TPSA) is 97.6 Å². The number of methoxy groups -OCH3 is 1. The van der Waals surface area contributed by atoms with Crippen LogP contribution in [0.4, 0.5) is 5.00 Å². The van der Waals surface area contributed by atoms with Crippen LogP contribution in [0.2, 0.25) is 0 Å². The second-order valence-electron chi connectivity index (χ2n) is 6.58. The van der Waals surface area contributed by atoms with E-state index in [0.29, 0.717) is 35.2 Å². The molecule has 0 aromatic carbocycles. The van der Waals surface area contributed by atoms with E-state index in [0.717, 1.165) is 31.2 Å². The van der Waals surface area contributed by atoms with Gasteiger partial charge in [0.15, 0.2) is 5.82 Å². The second kappa shape index (κ2) is 8.62. The van der Waals surface area contributed by atoms with Gasteiger partial charge in [0, 0.05) is 11.3 Å². The first-order valence-electron chi connectivity index (χ1n) is 9.04. The van der Waals surface area contributed by atoms with Crippen molar-refractivity contribution in [2.45, 2.75) is 45.6 Å². The second-order valence-corrected chi connectivity index (χ2v) is 7.69. The predicted octanol–water partition coefficient (Wildman–Crippen LogP) is 2.43. The number of carbonyl (C=O) groups excluding carboxylic acids is 2. The van der Waals surface area contributed by atoms with Crippen LogP contribution in [0.5, 0.6) is 0 Å². The number of hydrogen-bond acceptors (Lipinski definition) is 8. The maximum atomic E-state index is 12.5. The number of aryl methyl sites for hydroxylation is 2. The molecule has 0 saturated heterocycles. The molecule has 2 heterocycles. The molecular weight excluding hydrogens is 368 g/mol. The quantitative estimate of drug-likeness (QED) is 0.723. The maximum Gasteiger partial charge on any atom is 0.341 e. The van der Waals surface area contributed by atoms with Crippen molar-refractivity contribution in [3.63, 3.8) is 0 Å². The van der Waals surface area contributed by atoms with E-state index in [1.54, 1.807) is 11.9 Å². The van der Waals surface area contributed by atoms with Crippen molar-refractivity contribution in [3.8, 4) is 0 Å². The molecule has 27 heavy (non-hydrogen) atoms. The van der Waals surface area contributed by atoms with Crippen molar-refractivity contribution in [1.82, 2.24) is 15.0 Å². The van der Waals surface area contributed by atoms with E-state index >= 15 is 0 Å². The highest BCUT2D eigenvalue weighted by atomic mass is 32.1. The highest BCUT2D eigenvalue weighted by Gasteiger charge is 2.27. The molecule has 2 aromatic heterocycles. The fourth-order valence-electron chi connectivity index (χ4n) is 3.17. The van der Waals surface area contributed by atoms with Crippen molar-refractivity contribution in [2.24, 2.45) is 0 Å². The fourth-order valence-corrected chi connectivity index (χ4v) is 4.46. The van der Waals surface area contributed by atoms with Crippen molar-refractivity contribution >= 4 is 28.2 Å². The zero-order valence-corrected chi connectivity index (χ0v) is 16.6. The summed E-state index contributed by atoms with van der Waals surface area (Å²) in [7, 11) is 3.17. The van der Waals surface area contributed by atoms with E-state index in [-0.39, 0.29) is 12.5 Å². The van der Waals surface area contributed by atoms with Crippen LogP contribution in [0.15, 0.2) is 4.52 Å². The molecule has 0 aliphatic heterocycles. The van der Waals surface area contributed by atoms with Crippen molar-refractivity contribution < 1.29 is 18.8 Å². The minimum absolute atomic E-state index is 0.146. The lowest BCUT2D eigenvalue weighted by atomic mass is 9.95. The van der Waals surface area contributed by atoms with E-state index in [9.17, 15) is 9.59 Å². The van der Waals surface area contributed by atoms with Crippen LogP contribution in [-0.2, 0) is 35.3 Å². The van der Waals surface area contributed by atoms with Crippen LogP contribution in [0.25, 0.3) is 0 Å². The molecule has 0 atom stereocenters. The highest BCUT2D eigenvalue weighted by Crippen LogP contribution is 2.38. The SMILES string of the molecule is CCc1noc(CN(C)CC(=O)Nc2sc3c(c2C(=O)OC)CCCC3)n1. The molecule has 0 spiro atoms. The standard InChI is InChI=1S/C18H24N4O4S/c1-4-13-19-15(26-21-13)10-22(2)9-14(23)20-17-16(18(24)25-3)11-7-5-6-8-12(11)27-17/h4-10H2,1-3H3,(H,20,23). The van der Waals surface area contributed by atoms with Gasteiger partial charge in [0.2, 0.25) is 11.8 Å². The third kappa shape index (κ3) is 4.54. The van der Waals surface area contributed by atoms with Gasteiger partial charge in [0.1, 0.15) is 5.00 Å². The van der Waals surface area contributed by atoms with Gasteiger partial charge < -0.3 is 14.6 Å². The molecule has 0 fully saturated rings. The third-order valence-corrected chi connectivity index (χ3v) is 5.67. The summed E-state index contributed by atoms with van der Waals surface area (Å²) in [5, 5.41) is 7.32. The van der Waals surface area contributed by atoms with Crippen LogP contribution in [0, 0.1) is 0 Å². The molecule has 1 aliphatic carbocycles. The first kappa shape index (κ1) is 19.5. The van der Waals surface area contributed by atoms with E-state index < -0.39 is 5.97 Å². The molecule has 1 aliphatic rings. The lowest BCUT2D eigenvalue weighted by Crippen LogP contribution is -2.30. The summed E-state index contributed by atoms with van der Waals surface area (Å²) in [6, 6.07) is 0. The van der Waals surface area contributed by atoms with Crippen molar-refractivity contribution in [2.75, 3.05) is 26.0 Å². The number of nitrogens with one attached hydrogen (secondary N) is 1. The predicted molar refractivity (Wildman–Crippen MR) is 101 cm³/mol. The Morgan fingerprint density at radius 1 is 1.33 bits per heavy atom. The number of fused-ring (bicyclic) bond motifs is 1. The summed E-state index contributed by atoms with van der Waals surface area (Å²) < 4.78 is 10.1. The van der Waals surface area contributed by atoms with Crippen LogP contribution in [-0.4, -0.2) is 47.6 Å². The summed E-state index contributed by atoms with van der Waals surface area (Å²) in [5.41, 5.74) is 1.54. The normalized spacial score (nSPS) is 13.5. The lowest BCUT2D eigenvalue weighted by Gasteiger charge is -2.14. The number of nitrogens with zero attached hydrogens (tertiary/aromatic N) is 3. The summed E-state index contributed by atoms with van der Waals surface area (Å²) >= 11 is 1.48.